The molecule has 0 radical (unpaired) electrons. The third-order valence-corrected chi connectivity index (χ3v) is 4.19. The number of aryl methyl sites for hydroxylation is 1. The molecule has 1 N–H and O–H groups in total. The third kappa shape index (κ3) is 4.03. The molecule has 0 aliphatic carbocycles. The van der Waals surface area contributed by atoms with Crippen molar-refractivity contribution in [3.05, 3.63) is 24.0 Å². The highest BCUT2D eigenvalue weighted by Crippen LogP contribution is 2.20. The number of carbonyl (C=O) groups excluding carboxylic acids is 2. The SMILES string of the molecule is CCC1CCCN(C(=O)C(=O)Nc2cnccc2C)CC1. The first-order chi connectivity index (χ1) is 10.1. The first kappa shape index (κ1) is 15.5. The monoisotopic (exact) mass is 289 g/mol. The number of hydrogen-bond acceptors (Lipinski definition) is 3. The van der Waals surface area contributed by atoms with E-state index in [9.17, 15) is 9.59 Å². The average Bonchev–Trinajstić information content (AvgIpc) is 2.74. The lowest BCUT2D eigenvalue weighted by Crippen LogP contribution is -2.40. The molecule has 1 fully saturated rings. The van der Waals surface area contributed by atoms with Gasteiger partial charge in [0.2, 0.25) is 0 Å². The molecule has 1 aliphatic rings. The minimum atomic E-state index is -0.568. The molecule has 2 heterocycles. The van der Waals surface area contributed by atoms with Crippen LogP contribution < -0.4 is 5.32 Å². The van der Waals surface area contributed by atoms with E-state index >= 15 is 0 Å². The number of pyridine rings is 1. The number of hydrogen-bond donors (Lipinski definition) is 1. The number of nitrogens with zero attached hydrogens (tertiary/aromatic N) is 2. The molecule has 1 aliphatic heterocycles. The Morgan fingerprint density at radius 1 is 1.38 bits per heavy atom. The fourth-order valence-electron chi connectivity index (χ4n) is 2.69. The first-order valence-electron chi connectivity index (χ1n) is 7.62. The van der Waals surface area contributed by atoms with E-state index in [1.54, 1.807) is 23.4 Å². The van der Waals surface area contributed by atoms with Crippen LogP contribution in [0.2, 0.25) is 0 Å². The zero-order chi connectivity index (χ0) is 15.2. The van der Waals surface area contributed by atoms with Gasteiger partial charge < -0.3 is 10.2 Å². The second kappa shape index (κ2) is 7.20. The number of carbonyl (C=O) groups is 2. The Bertz CT molecular complexity index is 516. The maximum absolute atomic E-state index is 12.3. The van der Waals surface area contributed by atoms with Gasteiger partial charge in [0.25, 0.3) is 0 Å². The Morgan fingerprint density at radius 2 is 2.19 bits per heavy atom. The third-order valence-electron chi connectivity index (χ3n) is 4.19. The summed E-state index contributed by atoms with van der Waals surface area (Å²) in [6.45, 7) is 5.41. The molecule has 1 aromatic heterocycles. The molecular weight excluding hydrogens is 266 g/mol. The zero-order valence-corrected chi connectivity index (χ0v) is 12.8. The van der Waals surface area contributed by atoms with Crippen LogP contribution in [0, 0.1) is 12.8 Å². The molecule has 2 rings (SSSR count). The molecule has 0 saturated carbocycles. The first-order valence-corrected chi connectivity index (χ1v) is 7.62. The summed E-state index contributed by atoms with van der Waals surface area (Å²) >= 11 is 0. The van der Waals surface area contributed by atoms with Crippen LogP contribution in [0.25, 0.3) is 0 Å². The Morgan fingerprint density at radius 3 is 2.90 bits per heavy atom. The zero-order valence-electron chi connectivity index (χ0n) is 12.8. The summed E-state index contributed by atoms with van der Waals surface area (Å²) in [6, 6.07) is 1.80. The lowest BCUT2D eigenvalue weighted by Gasteiger charge is -2.20. The number of likely N-dealkylation sites (tertiary alicyclic amines) is 1. The molecule has 1 unspecified atom stereocenters. The van der Waals surface area contributed by atoms with E-state index in [-0.39, 0.29) is 0 Å². The van der Waals surface area contributed by atoms with Crippen molar-refractivity contribution in [2.24, 2.45) is 5.92 Å². The summed E-state index contributed by atoms with van der Waals surface area (Å²) in [5.41, 5.74) is 1.49. The van der Waals surface area contributed by atoms with Crippen LogP contribution in [-0.2, 0) is 9.59 Å². The van der Waals surface area contributed by atoms with E-state index in [4.69, 9.17) is 0 Å². The predicted molar refractivity (Wildman–Crippen MR) is 81.8 cm³/mol. The van der Waals surface area contributed by atoms with Gasteiger partial charge in [-0.15, -0.1) is 0 Å². The van der Waals surface area contributed by atoms with Crippen LogP contribution in [0.5, 0.6) is 0 Å². The lowest BCUT2D eigenvalue weighted by molar-refractivity contribution is -0.143. The molecule has 1 atom stereocenters. The smallest absolute Gasteiger partial charge is 0.313 e. The Hall–Kier alpha value is -1.91. The minimum Gasteiger partial charge on any atom is -0.334 e. The highest BCUT2D eigenvalue weighted by atomic mass is 16.2. The molecular formula is C16H23N3O2. The average molecular weight is 289 g/mol. The molecule has 1 aromatic rings. The van der Waals surface area contributed by atoms with Crippen molar-refractivity contribution in [3.63, 3.8) is 0 Å². The van der Waals surface area contributed by atoms with Crippen molar-refractivity contribution < 1.29 is 9.59 Å². The fraction of sp³-hybridized carbons (Fsp3) is 0.562. The van der Waals surface area contributed by atoms with E-state index in [0.29, 0.717) is 24.7 Å². The van der Waals surface area contributed by atoms with Crippen molar-refractivity contribution >= 4 is 17.5 Å². The van der Waals surface area contributed by atoms with Crippen LogP contribution in [0.15, 0.2) is 18.5 Å². The standard InChI is InChI=1S/C16H23N3O2/c1-3-13-5-4-9-19(10-7-13)16(21)15(20)18-14-11-17-8-6-12(14)2/h6,8,11,13H,3-5,7,9-10H2,1-2H3,(H,18,20). The maximum atomic E-state index is 12.3. The molecule has 1 saturated heterocycles. The summed E-state index contributed by atoms with van der Waals surface area (Å²) in [6.07, 6.45) is 7.47. The molecule has 5 heteroatoms. The van der Waals surface area contributed by atoms with Crippen molar-refractivity contribution in [2.45, 2.75) is 39.5 Å². The van der Waals surface area contributed by atoms with Gasteiger partial charge in [-0.2, -0.15) is 0 Å². The Kier molecular flexibility index (Phi) is 5.31. The van der Waals surface area contributed by atoms with Gasteiger partial charge in [-0.1, -0.05) is 13.3 Å². The van der Waals surface area contributed by atoms with Crippen LogP contribution in [-0.4, -0.2) is 34.8 Å². The second-order valence-corrected chi connectivity index (χ2v) is 5.64. The van der Waals surface area contributed by atoms with Gasteiger partial charge in [0.15, 0.2) is 0 Å². The highest BCUT2D eigenvalue weighted by molar-refractivity contribution is 6.39. The Balaban J connectivity index is 1.96. The number of amides is 2. The van der Waals surface area contributed by atoms with Gasteiger partial charge in [0.1, 0.15) is 0 Å². The Labute approximate surface area is 125 Å². The van der Waals surface area contributed by atoms with Gasteiger partial charge in [-0.25, -0.2) is 0 Å². The topological polar surface area (TPSA) is 62.3 Å². The summed E-state index contributed by atoms with van der Waals surface area (Å²) in [4.78, 5) is 30.0. The van der Waals surface area contributed by atoms with Gasteiger partial charge in [-0.3, -0.25) is 14.6 Å². The lowest BCUT2D eigenvalue weighted by atomic mass is 9.98. The number of anilines is 1. The van der Waals surface area contributed by atoms with Crippen molar-refractivity contribution in [1.29, 1.82) is 0 Å². The summed E-state index contributed by atoms with van der Waals surface area (Å²) in [5.74, 6) is -0.331. The molecule has 0 bridgehead atoms. The second-order valence-electron chi connectivity index (χ2n) is 5.64. The van der Waals surface area contributed by atoms with Crippen molar-refractivity contribution in [2.75, 3.05) is 18.4 Å². The highest BCUT2D eigenvalue weighted by Gasteiger charge is 2.25. The maximum Gasteiger partial charge on any atom is 0.313 e. The van der Waals surface area contributed by atoms with Gasteiger partial charge in [-0.05, 0) is 43.7 Å². The molecule has 5 nitrogen and oxygen atoms in total. The quantitative estimate of drug-likeness (QED) is 0.850. The van der Waals surface area contributed by atoms with Gasteiger partial charge >= 0.3 is 11.8 Å². The minimum absolute atomic E-state index is 0.435. The van der Waals surface area contributed by atoms with Crippen molar-refractivity contribution in [3.8, 4) is 0 Å². The van der Waals surface area contributed by atoms with E-state index < -0.39 is 11.8 Å². The fourth-order valence-corrected chi connectivity index (χ4v) is 2.69. The largest absolute Gasteiger partial charge is 0.334 e. The van der Waals surface area contributed by atoms with Gasteiger partial charge in [0, 0.05) is 19.3 Å². The van der Waals surface area contributed by atoms with Crippen LogP contribution in [0.3, 0.4) is 0 Å². The predicted octanol–water partition coefficient (Wildman–Crippen LogP) is 2.37. The summed E-state index contributed by atoms with van der Waals surface area (Å²) < 4.78 is 0. The summed E-state index contributed by atoms with van der Waals surface area (Å²) in [7, 11) is 0. The number of rotatable bonds is 2. The van der Waals surface area contributed by atoms with E-state index in [0.717, 1.165) is 31.2 Å². The number of aromatic nitrogens is 1. The normalized spacial score (nSPS) is 19.0. The molecule has 114 valence electrons. The summed E-state index contributed by atoms with van der Waals surface area (Å²) in [5, 5.41) is 2.66. The van der Waals surface area contributed by atoms with Crippen molar-refractivity contribution in [1.82, 2.24) is 9.88 Å². The molecule has 0 spiro atoms. The number of nitrogens with one attached hydrogen (secondary N) is 1. The molecule has 0 aromatic carbocycles. The van der Waals surface area contributed by atoms with E-state index in [2.05, 4.69) is 17.2 Å². The van der Waals surface area contributed by atoms with Crippen LogP contribution in [0.4, 0.5) is 5.69 Å². The molecule has 2 amide bonds. The molecule has 21 heavy (non-hydrogen) atoms. The van der Waals surface area contributed by atoms with Gasteiger partial charge in [0.05, 0.1) is 11.9 Å². The van der Waals surface area contributed by atoms with Crippen LogP contribution in [0.1, 0.15) is 38.2 Å². The van der Waals surface area contributed by atoms with Crippen LogP contribution >= 0.6 is 0 Å². The van der Waals surface area contributed by atoms with E-state index in [1.165, 1.54) is 0 Å². The van der Waals surface area contributed by atoms with E-state index in [1.807, 2.05) is 6.92 Å².